The van der Waals surface area contributed by atoms with Gasteiger partial charge in [0.15, 0.2) is 5.65 Å². The lowest BCUT2D eigenvalue weighted by atomic mass is 10.0. The third-order valence-electron chi connectivity index (χ3n) is 6.42. The summed E-state index contributed by atoms with van der Waals surface area (Å²) in [7, 11) is 0. The first-order chi connectivity index (χ1) is 17.4. The van der Waals surface area contributed by atoms with Gasteiger partial charge in [-0.3, -0.25) is 4.79 Å². The van der Waals surface area contributed by atoms with Crippen molar-refractivity contribution < 1.29 is 4.79 Å². The number of amides is 1. The number of unbranched alkanes of at least 4 members (excludes halogenated alkanes) is 1. The molecule has 0 aliphatic heterocycles. The molecule has 184 valence electrons. The molecule has 0 unspecified atom stereocenters. The maximum absolute atomic E-state index is 12.9. The average molecular weight is 483 g/mol. The highest BCUT2D eigenvalue weighted by atomic mass is 16.2. The van der Waals surface area contributed by atoms with Gasteiger partial charge >= 0.3 is 5.69 Å². The molecular formula is C28H30N6O2. The molecule has 1 amide bonds. The number of rotatable bonds is 8. The smallest absolute Gasteiger partial charge is 0.324 e. The first-order valence-corrected chi connectivity index (χ1v) is 12.4. The van der Waals surface area contributed by atoms with Gasteiger partial charge in [-0.05, 0) is 48.1 Å². The fraction of sp³-hybridized carbons (Fsp3) is 0.286. The predicted molar refractivity (Wildman–Crippen MR) is 141 cm³/mol. The van der Waals surface area contributed by atoms with Crippen LogP contribution in [0.15, 0.2) is 71.8 Å². The maximum atomic E-state index is 12.9. The molecule has 0 aliphatic rings. The molecule has 3 heterocycles. The van der Waals surface area contributed by atoms with E-state index in [4.69, 9.17) is 0 Å². The van der Waals surface area contributed by atoms with Crippen LogP contribution in [0.3, 0.4) is 0 Å². The van der Waals surface area contributed by atoms with Crippen LogP contribution in [0.2, 0.25) is 0 Å². The molecule has 0 saturated heterocycles. The van der Waals surface area contributed by atoms with E-state index in [2.05, 4.69) is 60.6 Å². The van der Waals surface area contributed by atoms with E-state index in [-0.39, 0.29) is 18.1 Å². The van der Waals surface area contributed by atoms with E-state index < -0.39 is 0 Å². The van der Waals surface area contributed by atoms with Gasteiger partial charge in [0.25, 0.3) is 0 Å². The molecule has 0 radical (unpaired) electrons. The summed E-state index contributed by atoms with van der Waals surface area (Å²) >= 11 is 0. The molecule has 2 aromatic carbocycles. The van der Waals surface area contributed by atoms with Gasteiger partial charge in [-0.1, -0.05) is 63.6 Å². The summed E-state index contributed by atoms with van der Waals surface area (Å²) in [4.78, 5) is 25.6. The zero-order valence-electron chi connectivity index (χ0n) is 20.8. The Kier molecular flexibility index (Phi) is 6.41. The Hall–Kier alpha value is -4.20. The van der Waals surface area contributed by atoms with Gasteiger partial charge in [-0.15, -0.1) is 5.10 Å². The Bertz CT molecular complexity index is 1570. The number of nitrogens with one attached hydrogen (secondary N) is 1. The van der Waals surface area contributed by atoms with Crippen LogP contribution in [-0.2, 0) is 17.8 Å². The number of hydrogen-bond acceptors (Lipinski definition) is 4. The molecule has 1 N–H and O–H groups in total. The number of carbonyl (C=O) groups excluding carboxylic acids is 1. The van der Waals surface area contributed by atoms with Crippen LogP contribution in [0.4, 0.5) is 5.69 Å². The van der Waals surface area contributed by atoms with E-state index in [9.17, 15) is 9.59 Å². The molecule has 36 heavy (non-hydrogen) atoms. The van der Waals surface area contributed by atoms with Crippen molar-refractivity contribution in [1.82, 2.24) is 23.8 Å². The lowest BCUT2D eigenvalue weighted by Gasteiger charge is -2.06. The lowest BCUT2D eigenvalue weighted by Crippen LogP contribution is -2.28. The fourth-order valence-corrected chi connectivity index (χ4v) is 4.29. The molecule has 0 atom stereocenters. The zero-order valence-corrected chi connectivity index (χ0v) is 20.8. The Balaban J connectivity index is 1.38. The van der Waals surface area contributed by atoms with Crippen molar-refractivity contribution in [3.8, 4) is 11.3 Å². The second-order valence-electron chi connectivity index (χ2n) is 9.42. The van der Waals surface area contributed by atoms with E-state index in [1.807, 2.05) is 30.3 Å². The van der Waals surface area contributed by atoms with Crippen molar-refractivity contribution in [3.05, 3.63) is 88.6 Å². The quantitative estimate of drug-likeness (QED) is 0.340. The fourth-order valence-electron chi connectivity index (χ4n) is 4.29. The number of aryl methyl sites for hydroxylation is 1. The summed E-state index contributed by atoms with van der Waals surface area (Å²) < 4.78 is 4.33. The first-order valence-electron chi connectivity index (χ1n) is 12.4. The highest BCUT2D eigenvalue weighted by molar-refractivity contribution is 5.90. The summed E-state index contributed by atoms with van der Waals surface area (Å²) in [5.41, 5.74) is 5.76. The third kappa shape index (κ3) is 4.66. The molecular weight excluding hydrogens is 452 g/mol. The number of hydrogen-bond donors (Lipinski definition) is 1. The van der Waals surface area contributed by atoms with Crippen molar-refractivity contribution in [3.63, 3.8) is 0 Å². The van der Waals surface area contributed by atoms with E-state index in [0.717, 1.165) is 30.5 Å². The van der Waals surface area contributed by atoms with Gasteiger partial charge in [-0.2, -0.15) is 5.10 Å². The summed E-state index contributed by atoms with van der Waals surface area (Å²) in [5, 5.41) is 12.0. The molecule has 5 rings (SSSR count). The summed E-state index contributed by atoms with van der Waals surface area (Å²) in [6.07, 6.45) is 6.65. The monoisotopic (exact) mass is 482 g/mol. The second-order valence-corrected chi connectivity index (χ2v) is 9.42. The molecule has 0 bridgehead atoms. The van der Waals surface area contributed by atoms with Crippen LogP contribution >= 0.6 is 0 Å². The number of fused-ring (bicyclic) bond motifs is 3. The highest BCUT2D eigenvalue weighted by Gasteiger charge is 2.15. The minimum atomic E-state index is -0.374. The molecule has 5 aromatic rings. The van der Waals surface area contributed by atoms with E-state index in [1.54, 1.807) is 16.9 Å². The van der Waals surface area contributed by atoms with Gasteiger partial charge < -0.3 is 5.32 Å². The van der Waals surface area contributed by atoms with Crippen LogP contribution in [-0.4, -0.2) is 29.7 Å². The van der Waals surface area contributed by atoms with Gasteiger partial charge in [-0.25, -0.2) is 18.4 Å². The minimum Gasteiger partial charge on any atom is -0.324 e. The summed E-state index contributed by atoms with van der Waals surface area (Å²) in [6, 6.07) is 18.1. The second kappa shape index (κ2) is 9.81. The van der Waals surface area contributed by atoms with E-state index in [1.165, 1.54) is 20.2 Å². The normalized spacial score (nSPS) is 11.6. The predicted octanol–water partition coefficient (Wildman–Crippen LogP) is 4.92. The Morgan fingerprint density at radius 1 is 1.00 bits per heavy atom. The third-order valence-corrected chi connectivity index (χ3v) is 6.42. The van der Waals surface area contributed by atoms with Crippen LogP contribution in [0.5, 0.6) is 0 Å². The van der Waals surface area contributed by atoms with Gasteiger partial charge in [0.2, 0.25) is 5.91 Å². The number of benzene rings is 2. The topological polar surface area (TPSA) is 85.7 Å². The number of nitrogens with zero attached hydrogens (tertiary/aromatic N) is 5. The lowest BCUT2D eigenvalue weighted by molar-refractivity contribution is -0.117. The van der Waals surface area contributed by atoms with Crippen LogP contribution in [0, 0.1) is 0 Å². The minimum absolute atomic E-state index is 0.179. The van der Waals surface area contributed by atoms with Crippen molar-refractivity contribution in [1.29, 1.82) is 0 Å². The molecule has 0 fully saturated rings. The summed E-state index contributed by atoms with van der Waals surface area (Å²) in [6.45, 7) is 6.31. The van der Waals surface area contributed by atoms with Crippen molar-refractivity contribution in [2.75, 3.05) is 5.32 Å². The zero-order chi connectivity index (χ0) is 25.2. The molecule has 0 spiro atoms. The average Bonchev–Trinajstić information content (AvgIpc) is 3.45. The molecule has 0 aliphatic carbocycles. The molecule has 8 nitrogen and oxygen atoms in total. The highest BCUT2D eigenvalue weighted by Crippen LogP contribution is 2.24. The van der Waals surface area contributed by atoms with Crippen LogP contribution in [0.1, 0.15) is 50.7 Å². The van der Waals surface area contributed by atoms with Gasteiger partial charge in [0, 0.05) is 23.6 Å². The van der Waals surface area contributed by atoms with Crippen molar-refractivity contribution >= 4 is 22.8 Å². The van der Waals surface area contributed by atoms with Gasteiger partial charge in [0.05, 0.1) is 5.69 Å². The standard InChI is InChI=1S/C28H30N6O2/c1-4-5-6-20-7-13-23(14-8-20)29-26(35)18-34-28(36)32-15-16-33-25(27(32)31-34)17-24(30-33)22-11-9-21(10-12-22)19(2)3/h7-17,19H,4-6,18H2,1-3H3,(H,29,35). The van der Waals surface area contributed by atoms with Gasteiger partial charge in [0.1, 0.15) is 12.1 Å². The maximum Gasteiger partial charge on any atom is 0.350 e. The van der Waals surface area contributed by atoms with Crippen molar-refractivity contribution in [2.24, 2.45) is 0 Å². The number of aromatic nitrogens is 5. The first kappa shape index (κ1) is 23.5. The van der Waals surface area contributed by atoms with Crippen LogP contribution < -0.4 is 11.0 Å². The Morgan fingerprint density at radius 3 is 2.44 bits per heavy atom. The largest absolute Gasteiger partial charge is 0.350 e. The SMILES string of the molecule is CCCCc1ccc(NC(=O)Cn2nc3c4cc(-c5ccc(C(C)C)cc5)nn4ccn3c2=O)cc1. The number of anilines is 1. The Labute approximate surface area is 209 Å². The molecule has 8 heteroatoms. The molecule has 0 saturated carbocycles. The summed E-state index contributed by atoms with van der Waals surface area (Å²) in [5.74, 6) is 0.148. The Morgan fingerprint density at radius 2 is 1.75 bits per heavy atom. The van der Waals surface area contributed by atoms with E-state index >= 15 is 0 Å². The van der Waals surface area contributed by atoms with Crippen molar-refractivity contribution in [2.45, 2.75) is 52.5 Å². The van der Waals surface area contributed by atoms with Crippen LogP contribution in [0.25, 0.3) is 22.4 Å². The molecule has 3 aromatic heterocycles. The van der Waals surface area contributed by atoms with E-state index in [0.29, 0.717) is 22.8 Å². The number of carbonyl (C=O) groups is 1.